The maximum Gasteiger partial charge on any atom is 2.00 e. The number of aromatic nitrogens is 8. The number of rotatable bonds is 20. The number of amides is 2. The van der Waals surface area contributed by atoms with Crippen LogP contribution in [0.3, 0.4) is 0 Å². The summed E-state index contributed by atoms with van der Waals surface area (Å²) in [5.41, 5.74) is 7.30. The molecule has 2 aromatic heterocycles. The van der Waals surface area contributed by atoms with Crippen molar-refractivity contribution in [3.05, 3.63) is 116 Å². The number of H-pyrrole nitrogens is 2. The van der Waals surface area contributed by atoms with Gasteiger partial charge in [0.1, 0.15) is 0 Å². The Morgan fingerprint density at radius 2 is 0.881 bits per heavy atom. The maximum atomic E-state index is 12.8. The second kappa shape index (κ2) is 29.1. The fourth-order valence-electron chi connectivity index (χ4n) is 7.55. The Morgan fingerprint density at radius 1 is 0.552 bits per heavy atom. The van der Waals surface area contributed by atoms with Crippen molar-refractivity contribution in [2.45, 2.75) is 105 Å². The first-order chi connectivity index (χ1) is 30.8. The van der Waals surface area contributed by atoms with Crippen LogP contribution < -0.4 is 10.2 Å². The van der Waals surface area contributed by atoms with E-state index in [9.17, 15) is 29.4 Å². The van der Waals surface area contributed by atoms with E-state index >= 15 is 0 Å². The molecule has 2 N–H and O–H groups in total. The molecule has 2 amide bonds. The number of unbranched alkanes of at least 4 members (excludes halogenated alkanes) is 2. The Morgan fingerprint density at radius 3 is 1.15 bits per heavy atom. The van der Waals surface area contributed by atoms with Gasteiger partial charge in [-0.15, -0.1) is 10.2 Å². The molecule has 0 fully saturated rings. The van der Waals surface area contributed by atoms with Crippen LogP contribution in [0, 0.1) is 19.3 Å². The van der Waals surface area contributed by atoms with Crippen molar-refractivity contribution in [2.75, 3.05) is 0 Å². The number of aromatic amines is 2. The average molecular weight is 1120 g/mol. The summed E-state index contributed by atoms with van der Waals surface area (Å²) in [6, 6.07) is 29.1. The summed E-state index contributed by atoms with van der Waals surface area (Å²) in [6.07, 6.45) is 3.82. The molecule has 67 heavy (non-hydrogen) atoms. The molecule has 2 heterocycles. The van der Waals surface area contributed by atoms with Gasteiger partial charge in [-0.1, -0.05) is 151 Å². The minimum atomic E-state index is -1.23. The molecule has 350 valence electrons. The standard InChI is InChI=1S/2C24H29N5O3.C.Ba.Pd/c2*1-4-5-10-21(30)29(22(16(2)3)24(31)32)15-17-11-13-18(14-12-17)19-8-6-7-9-20(19)23-25-27-28-26-23;;;/h2*6-9,11-14,16,22H,4-5,10,15H2,1-3H3,(H,31,32)(H,25,26,27,28);;;/q;;;+2;/p-2/t2*22-;;;/m00.../s1. The maximum absolute atomic E-state index is 12.8. The fourth-order valence-corrected chi connectivity index (χ4v) is 7.55. The molecule has 0 saturated carbocycles. The van der Waals surface area contributed by atoms with Crippen molar-refractivity contribution in [1.29, 1.82) is 0 Å². The predicted molar refractivity (Wildman–Crippen MR) is 247 cm³/mol. The molecule has 0 aliphatic carbocycles. The molecule has 6 aromatic rings. The van der Waals surface area contributed by atoms with Gasteiger partial charge >= 0.3 is 48.9 Å². The second-order valence-corrected chi connectivity index (χ2v) is 16.3. The van der Waals surface area contributed by atoms with Crippen LogP contribution in [0.4, 0.5) is 0 Å². The molecule has 0 unspecified atom stereocenters. The van der Waals surface area contributed by atoms with Gasteiger partial charge in [-0.05, 0) is 78.9 Å². The van der Waals surface area contributed by atoms with Crippen molar-refractivity contribution in [1.82, 2.24) is 51.0 Å². The summed E-state index contributed by atoms with van der Waals surface area (Å²) in [5, 5.41) is 51.8. The Balaban J connectivity index is 0.000000440. The number of aliphatic carboxylic acids is 2. The van der Waals surface area contributed by atoms with E-state index in [0.29, 0.717) is 24.5 Å². The van der Waals surface area contributed by atoms with E-state index in [-0.39, 0.29) is 113 Å². The van der Waals surface area contributed by atoms with Crippen LogP contribution in [0.5, 0.6) is 0 Å². The third kappa shape index (κ3) is 16.1. The Bertz CT molecular complexity index is 2250. The SMILES string of the molecule is CCCCC(=O)N(Cc1ccc(-c2ccccc2-c2nnn[nH]2)cc1)[C@H](C(=O)[O-])C(C)C.CCCCC(=O)N(Cc1ccc(-c2ccccc2-c2nnn[nH]2)cc1)[C@H](C(=O)[O-])C(C)C.[Ba+2].[C].[Pd]. The average Bonchev–Trinajstić information content (AvgIpc) is 4.04. The number of carbonyl (C=O) groups excluding carboxylic acids is 4. The summed E-state index contributed by atoms with van der Waals surface area (Å²) in [7, 11) is 0. The summed E-state index contributed by atoms with van der Waals surface area (Å²) < 4.78 is 0. The quantitative estimate of drug-likeness (QED) is 0.0922. The third-order valence-corrected chi connectivity index (χ3v) is 10.8. The zero-order chi connectivity index (χ0) is 46.2. The van der Waals surface area contributed by atoms with Crippen LogP contribution >= 0.6 is 0 Å². The number of tetrazole rings is 2. The molecule has 4 radical (unpaired) electrons. The summed E-state index contributed by atoms with van der Waals surface area (Å²) in [4.78, 5) is 52.2. The van der Waals surface area contributed by atoms with E-state index in [2.05, 4.69) is 41.2 Å². The van der Waals surface area contributed by atoms with Gasteiger partial charge in [-0.3, -0.25) is 9.59 Å². The van der Waals surface area contributed by atoms with Crippen LogP contribution in [-0.2, 0) is 52.7 Å². The van der Waals surface area contributed by atoms with Gasteiger partial charge in [0.05, 0.1) is 24.0 Å². The first-order valence-corrected chi connectivity index (χ1v) is 21.7. The number of hydrogen-bond acceptors (Lipinski definition) is 12. The number of nitrogens with zero attached hydrogens (tertiary/aromatic N) is 8. The van der Waals surface area contributed by atoms with E-state index < -0.39 is 24.0 Å². The molecular weight excluding hydrogens is 1070 g/mol. The van der Waals surface area contributed by atoms with Crippen molar-refractivity contribution in [2.24, 2.45) is 11.8 Å². The number of nitrogens with one attached hydrogen (secondary N) is 2. The molecule has 0 spiro atoms. The van der Waals surface area contributed by atoms with Gasteiger partial charge in [0, 0.05) is 64.9 Å². The first-order valence-electron chi connectivity index (χ1n) is 21.7. The molecule has 4 aromatic carbocycles. The van der Waals surface area contributed by atoms with Gasteiger partial charge in [-0.25, -0.2) is 10.2 Å². The minimum absolute atomic E-state index is 0. The van der Waals surface area contributed by atoms with Gasteiger partial charge in [0.15, 0.2) is 11.6 Å². The molecule has 0 aliphatic heterocycles. The van der Waals surface area contributed by atoms with Crippen molar-refractivity contribution in [3.8, 4) is 45.0 Å². The molecule has 0 aliphatic rings. The van der Waals surface area contributed by atoms with E-state index in [4.69, 9.17) is 0 Å². The molecule has 2 atom stereocenters. The van der Waals surface area contributed by atoms with E-state index in [1.807, 2.05) is 111 Å². The molecule has 0 bridgehead atoms. The first kappa shape index (κ1) is 58.3. The van der Waals surface area contributed by atoms with Gasteiger partial charge < -0.3 is 29.6 Å². The zero-order valence-corrected chi connectivity index (χ0v) is 44.7. The number of carboxylic acids is 2. The number of benzene rings is 4. The Kier molecular flexibility index (Phi) is 25.3. The number of carboxylic acid groups (broad SMARTS) is 2. The Hall–Kier alpha value is -4.87. The molecular formula is C49H56BaN10O6Pd. The van der Waals surface area contributed by atoms with Crippen LogP contribution in [-0.4, -0.2) is 136 Å². The Labute approximate surface area is 447 Å². The minimum Gasteiger partial charge on any atom is -0.548 e. The van der Waals surface area contributed by atoms with Crippen LogP contribution in [0.1, 0.15) is 91.2 Å². The molecule has 16 nitrogen and oxygen atoms in total. The van der Waals surface area contributed by atoms with Gasteiger partial charge in [0.2, 0.25) is 11.8 Å². The molecule has 18 heteroatoms. The van der Waals surface area contributed by atoms with Gasteiger partial charge in [-0.2, -0.15) is 0 Å². The monoisotopic (exact) mass is 1120 g/mol. The summed E-state index contributed by atoms with van der Waals surface area (Å²) >= 11 is 0. The van der Waals surface area contributed by atoms with E-state index in [1.165, 1.54) is 9.80 Å². The number of carbonyl (C=O) groups is 4. The summed E-state index contributed by atoms with van der Waals surface area (Å²) in [6.45, 7) is 11.6. The van der Waals surface area contributed by atoms with Crippen molar-refractivity contribution < 1.29 is 49.8 Å². The molecule has 6 rings (SSSR count). The largest absolute Gasteiger partial charge is 2.00 e. The van der Waals surface area contributed by atoms with Crippen LogP contribution in [0.2, 0.25) is 0 Å². The van der Waals surface area contributed by atoms with Crippen molar-refractivity contribution >= 4 is 72.6 Å². The van der Waals surface area contributed by atoms with Crippen LogP contribution in [0.15, 0.2) is 97.1 Å². The van der Waals surface area contributed by atoms with E-state index in [0.717, 1.165) is 70.2 Å². The normalized spacial score (nSPS) is 11.5. The zero-order valence-electron chi connectivity index (χ0n) is 38.8. The topological polar surface area (TPSA) is 230 Å². The third-order valence-electron chi connectivity index (χ3n) is 10.8. The van der Waals surface area contributed by atoms with Crippen molar-refractivity contribution in [3.63, 3.8) is 0 Å². The number of hydrogen-bond donors (Lipinski definition) is 2. The van der Waals surface area contributed by atoms with Gasteiger partial charge in [0.25, 0.3) is 0 Å². The predicted octanol–water partition coefficient (Wildman–Crippen LogP) is 5.35. The summed E-state index contributed by atoms with van der Waals surface area (Å²) in [5.74, 6) is -2.15. The fraction of sp³-hybridized carbons (Fsp3) is 0.367. The van der Waals surface area contributed by atoms with Crippen LogP contribution in [0.25, 0.3) is 45.0 Å². The molecule has 0 saturated heterocycles. The van der Waals surface area contributed by atoms with E-state index in [1.54, 1.807) is 27.7 Å². The smallest absolute Gasteiger partial charge is 0.548 e. The second-order valence-electron chi connectivity index (χ2n) is 16.3.